The highest BCUT2D eigenvalue weighted by Gasteiger charge is 2.10. The maximum absolute atomic E-state index is 11.7. The Bertz CT molecular complexity index is 470. The van der Waals surface area contributed by atoms with Crippen LogP contribution < -0.4 is 5.32 Å². The van der Waals surface area contributed by atoms with Gasteiger partial charge in [0, 0.05) is 5.69 Å². The molecule has 0 bridgehead atoms. The summed E-state index contributed by atoms with van der Waals surface area (Å²) in [7, 11) is 3.66. The lowest BCUT2D eigenvalue weighted by Gasteiger charge is -2.12. The summed E-state index contributed by atoms with van der Waals surface area (Å²) in [5.74, 6) is -0.436. The van der Waals surface area contributed by atoms with E-state index in [0.29, 0.717) is 24.4 Å². The number of aryl methyl sites for hydroxylation is 1. The lowest BCUT2D eigenvalue weighted by molar-refractivity contribution is -0.116. The van der Waals surface area contributed by atoms with Crippen LogP contribution in [0.25, 0.3) is 0 Å². The number of esters is 1. The quantitative estimate of drug-likeness (QED) is 0.822. The number of anilines is 1. The number of benzene rings is 1. The van der Waals surface area contributed by atoms with Crippen molar-refractivity contribution in [2.75, 3.05) is 32.6 Å². The van der Waals surface area contributed by atoms with Crippen LogP contribution in [0.2, 0.25) is 0 Å². The molecule has 0 aliphatic heterocycles. The molecule has 0 radical (unpaired) electrons. The van der Waals surface area contributed by atoms with Gasteiger partial charge in [0.2, 0.25) is 5.91 Å². The number of carbonyl (C=O) groups excluding carboxylic acids is 2. The Kier molecular flexibility index (Phi) is 5.51. The minimum atomic E-state index is -0.350. The van der Waals surface area contributed by atoms with E-state index in [9.17, 15) is 9.59 Å². The molecular weight excluding hydrogens is 244 g/mol. The highest BCUT2D eigenvalue weighted by atomic mass is 16.5. The van der Waals surface area contributed by atoms with Gasteiger partial charge in [-0.1, -0.05) is 0 Å². The van der Waals surface area contributed by atoms with E-state index >= 15 is 0 Å². The molecule has 1 rings (SSSR count). The summed E-state index contributed by atoms with van der Waals surface area (Å²) in [5.41, 5.74) is 2.03. The molecule has 0 fully saturated rings. The van der Waals surface area contributed by atoms with Gasteiger partial charge in [0.25, 0.3) is 0 Å². The molecule has 1 amide bonds. The Morgan fingerprint density at radius 1 is 1.32 bits per heavy atom. The van der Waals surface area contributed by atoms with E-state index in [1.54, 1.807) is 30.0 Å². The Hall–Kier alpha value is -1.88. The van der Waals surface area contributed by atoms with Crippen molar-refractivity contribution in [1.29, 1.82) is 0 Å². The Morgan fingerprint density at radius 3 is 2.53 bits per heavy atom. The zero-order chi connectivity index (χ0) is 14.4. The van der Waals surface area contributed by atoms with E-state index in [2.05, 4.69) is 5.32 Å². The summed E-state index contributed by atoms with van der Waals surface area (Å²) in [6.45, 7) is 4.27. The summed E-state index contributed by atoms with van der Waals surface area (Å²) in [4.78, 5) is 25.0. The fourth-order valence-electron chi connectivity index (χ4n) is 1.62. The van der Waals surface area contributed by atoms with Crippen LogP contribution in [-0.2, 0) is 9.53 Å². The van der Waals surface area contributed by atoms with Crippen LogP contribution in [0, 0.1) is 6.92 Å². The minimum Gasteiger partial charge on any atom is -0.462 e. The molecule has 0 heterocycles. The average Bonchev–Trinajstić information content (AvgIpc) is 2.31. The van der Waals surface area contributed by atoms with Crippen molar-refractivity contribution in [1.82, 2.24) is 4.90 Å². The number of amides is 1. The molecular formula is C14H20N2O3. The normalized spacial score (nSPS) is 10.4. The number of nitrogens with zero attached hydrogens (tertiary/aromatic N) is 1. The first kappa shape index (κ1) is 15.2. The van der Waals surface area contributed by atoms with Crippen molar-refractivity contribution in [2.24, 2.45) is 0 Å². The summed E-state index contributed by atoms with van der Waals surface area (Å²) in [5, 5.41) is 2.81. The second-order valence-corrected chi connectivity index (χ2v) is 4.54. The standard InChI is InChI=1S/C14H20N2O3/c1-5-19-14(18)11-6-7-12(10(2)8-11)15-13(17)9-16(3)4/h6-8H,5,9H2,1-4H3,(H,15,17). The second-order valence-electron chi connectivity index (χ2n) is 4.54. The van der Waals surface area contributed by atoms with Crippen LogP contribution in [0.3, 0.4) is 0 Å². The van der Waals surface area contributed by atoms with Crippen molar-refractivity contribution < 1.29 is 14.3 Å². The Labute approximate surface area is 113 Å². The maximum Gasteiger partial charge on any atom is 0.338 e. The average molecular weight is 264 g/mol. The van der Waals surface area contributed by atoms with E-state index in [0.717, 1.165) is 5.56 Å². The number of hydrogen-bond donors (Lipinski definition) is 1. The molecule has 0 saturated carbocycles. The van der Waals surface area contributed by atoms with E-state index in [4.69, 9.17) is 4.74 Å². The smallest absolute Gasteiger partial charge is 0.338 e. The van der Waals surface area contributed by atoms with Crippen molar-refractivity contribution in [3.05, 3.63) is 29.3 Å². The topological polar surface area (TPSA) is 58.6 Å². The third-order valence-electron chi connectivity index (χ3n) is 2.47. The van der Waals surface area contributed by atoms with Gasteiger partial charge in [-0.15, -0.1) is 0 Å². The molecule has 0 unspecified atom stereocenters. The number of hydrogen-bond acceptors (Lipinski definition) is 4. The van der Waals surface area contributed by atoms with Gasteiger partial charge in [-0.05, 0) is 51.7 Å². The summed E-state index contributed by atoms with van der Waals surface area (Å²) < 4.78 is 4.92. The van der Waals surface area contributed by atoms with E-state index in [1.807, 2.05) is 21.0 Å². The number of carbonyl (C=O) groups is 2. The van der Waals surface area contributed by atoms with Gasteiger partial charge < -0.3 is 15.0 Å². The lowest BCUT2D eigenvalue weighted by atomic mass is 10.1. The molecule has 1 aromatic rings. The number of rotatable bonds is 5. The summed E-state index contributed by atoms with van der Waals surface area (Å²) in [6.07, 6.45) is 0. The molecule has 5 heteroatoms. The summed E-state index contributed by atoms with van der Waals surface area (Å²) in [6, 6.07) is 5.08. The molecule has 0 aliphatic carbocycles. The highest BCUT2D eigenvalue weighted by molar-refractivity contribution is 5.94. The molecule has 0 aromatic heterocycles. The Morgan fingerprint density at radius 2 is 2.00 bits per heavy atom. The zero-order valence-corrected chi connectivity index (χ0v) is 11.8. The van der Waals surface area contributed by atoms with E-state index in [1.165, 1.54) is 0 Å². The highest BCUT2D eigenvalue weighted by Crippen LogP contribution is 2.17. The van der Waals surface area contributed by atoms with Crippen LogP contribution in [0.15, 0.2) is 18.2 Å². The fraction of sp³-hybridized carbons (Fsp3) is 0.429. The predicted molar refractivity (Wildman–Crippen MR) is 74.3 cm³/mol. The Balaban J connectivity index is 2.77. The molecule has 0 aliphatic rings. The SMILES string of the molecule is CCOC(=O)c1ccc(NC(=O)CN(C)C)c(C)c1. The third kappa shape index (κ3) is 4.71. The van der Waals surface area contributed by atoms with Crippen LogP contribution in [0.1, 0.15) is 22.8 Å². The first-order valence-electron chi connectivity index (χ1n) is 6.16. The molecule has 5 nitrogen and oxygen atoms in total. The largest absolute Gasteiger partial charge is 0.462 e. The summed E-state index contributed by atoms with van der Waals surface area (Å²) >= 11 is 0. The molecule has 0 saturated heterocycles. The molecule has 0 atom stereocenters. The van der Waals surface area contributed by atoms with E-state index in [-0.39, 0.29) is 11.9 Å². The van der Waals surface area contributed by atoms with Crippen LogP contribution in [0.5, 0.6) is 0 Å². The number of ether oxygens (including phenoxy) is 1. The first-order valence-corrected chi connectivity index (χ1v) is 6.16. The van der Waals surface area contributed by atoms with Gasteiger partial charge in [0.05, 0.1) is 18.7 Å². The molecule has 19 heavy (non-hydrogen) atoms. The third-order valence-corrected chi connectivity index (χ3v) is 2.47. The predicted octanol–water partition coefficient (Wildman–Crippen LogP) is 1.67. The molecule has 1 aromatic carbocycles. The van der Waals surface area contributed by atoms with Crippen molar-refractivity contribution in [2.45, 2.75) is 13.8 Å². The fourth-order valence-corrected chi connectivity index (χ4v) is 1.62. The van der Waals surface area contributed by atoms with Gasteiger partial charge in [-0.2, -0.15) is 0 Å². The van der Waals surface area contributed by atoms with Gasteiger partial charge in [0.15, 0.2) is 0 Å². The van der Waals surface area contributed by atoms with Crippen molar-refractivity contribution in [3.8, 4) is 0 Å². The zero-order valence-electron chi connectivity index (χ0n) is 11.8. The molecule has 0 spiro atoms. The van der Waals surface area contributed by atoms with E-state index < -0.39 is 0 Å². The van der Waals surface area contributed by atoms with Crippen molar-refractivity contribution in [3.63, 3.8) is 0 Å². The first-order chi connectivity index (χ1) is 8.93. The van der Waals surface area contributed by atoms with Gasteiger partial charge in [-0.25, -0.2) is 4.79 Å². The van der Waals surface area contributed by atoms with Gasteiger partial charge >= 0.3 is 5.97 Å². The van der Waals surface area contributed by atoms with Crippen molar-refractivity contribution >= 4 is 17.6 Å². The second kappa shape index (κ2) is 6.89. The molecule has 1 N–H and O–H groups in total. The number of nitrogens with one attached hydrogen (secondary N) is 1. The van der Waals surface area contributed by atoms with Crippen LogP contribution in [0.4, 0.5) is 5.69 Å². The minimum absolute atomic E-state index is 0.0861. The van der Waals surface area contributed by atoms with Gasteiger partial charge in [0.1, 0.15) is 0 Å². The monoisotopic (exact) mass is 264 g/mol. The van der Waals surface area contributed by atoms with Gasteiger partial charge in [-0.3, -0.25) is 4.79 Å². The lowest BCUT2D eigenvalue weighted by Crippen LogP contribution is -2.27. The molecule has 104 valence electrons. The maximum atomic E-state index is 11.7. The van der Waals surface area contributed by atoms with Crippen LogP contribution >= 0.6 is 0 Å². The number of likely N-dealkylation sites (N-methyl/N-ethyl adjacent to an activating group) is 1. The van der Waals surface area contributed by atoms with Crippen LogP contribution in [-0.4, -0.2) is 44.0 Å².